The molecular formula is C8H15NO4. The first-order valence-corrected chi connectivity index (χ1v) is 4.05. The van der Waals surface area contributed by atoms with Gasteiger partial charge >= 0.3 is 5.97 Å². The molecule has 76 valence electrons. The van der Waals surface area contributed by atoms with Gasteiger partial charge in [-0.15, -0.1) is 0 Å². The zero-order valence-corrected chi connectivity index (χ0v) is 7.31. The summed E-state index contributed by atoms with van der Waals surface area (Å²) in [6.45, 7) is 0.0943. The summed E-state index contributed by atoms with van der Waals surface area (Å²) < 4.78 is 0. The molecule has 0 aliphatic heterocycles. The fourth-order valence-electron chi connectivity index (χ4n) is 0.883. The third-order valence-electron chi connectivity index (χ3n) is 1.54. The number of carboxylic acids is 1. The van der Waals surface area contributed by atoms with Gasteiger partial charge in [-0.05, 0) is 13.0 Å². The molecular weight excluding hydrogens is 174 g/mol. The zero-order chi connectivity index (χ0) is 10.3. The maximum atomic E-state index is 10.6. The molecule has 5 N–H and O–H groups in total. The molecule has 5 heteroatoms. The second-order valence-corrected chi connectivity index (χ2v) is 2.57. The Balaban J connectivity index is 4.31. The SMILES string of the molecule is NCCC=C(C(=O)O)C(O)CCO. The predicted molar refractivity (Wildman–Crippen MR) is 47.1 cm³/mol. The predicted octanol–water partition coefficient (Wildman–Crippen LogP) is -0.911. The maximum Gasteiger partial charge on any atom is 0.333 e. The Morgan fingerprint density at radius 2 is 2.15 bits per heavy atom. The van der Waals surface area contributed by atoms with Gasteiger partial charge < -0.3 is 21.1 Å². The van der Waals surface area contributed by atoms with Gasteiger partial charge in [-0.25, -0.2) is 4.79 Å². The number of rotatable bonds is 6. The van der Waals surface area contributed by atoms with E-state index in [9.17, 15) is 9.90 Å². The lowest BCUT2D eigenvalue weighted by molar-refractivity contribution is -0.133. The molecule has 0 bridgehead atoms. The number of carboxylic acid groups (broad SMARTS) is 1. The minimum Gasteiger partial charge on any atom is -0.478 e. The lowest BCUT2D eigenvalue weighted by atomic mass is 10.1. The van der Waals surface area contributed by atoms with Crippen molar-refractivity contribution in [2.75, 3.05) is 13.2 Å². The number of aliphatic hydroxyl groups excluding tert-OH is 2. The first kappa shape index (κ1) is 12.1. The van der Waals surface area contributed by atoms with E-state index in [0.29, 0.717) is 13.0 Å². The molecule has 0 amide bonds. The van der Waals surface area contributed by atoms with Crippen LogP contribution >= 0.6 is 0 Å². The Morgan fingerprint density at radius 1 is 1.54 bits per heavy atom. The number of carbonyl (C=O) groups is 1. The summed E-state index contributed by atoms with van der Waals surface area (Å²) in [6.07, 6.45) is 0.698. The van der Waals surface area contributed by atoms with E-state index < -0.39 is 12.1 Å². The van der Waals surface area contributed by atoms with Crippen molar-refractivity contribution in [3.63, 3.8) is 0 Å². The van der Waals surface area contributed by atoms with E-state index in [4.69, 9.17) is 15.9 Å². The van der Waals surface area contributed by atoms with E-state index >= 15 is 0 Å². The van der Waals surface area contributed by atoms with Crippen molar-refractivity contribution in [3.05, 3.63) is 11.6 Å². The standard InChI is InChI=1S/C8H15NO4/c9-4-1-2-6(8(12)13)7(11)3-5-10/h2,7,10-11H,1,3-5,9H2,(H,12,13). The van der Waals surface area contributed by atoms with Crippen LogP contribution < -0.4 is 5.73 Å². The second kappa shape index (κ2) is 6.59. The fraction of sp³-hybridized carbons (Fsp3) is 0.625. The second-order valence-electron chi connectivity index (χ2n) is 2.57. The lowest BCUT2D eigenvalue weighted by Gasteiger charge is -2.09. The van der Waals surface area contributed by atoms with Gasteiger partial charge in [0.2, 0.25) is 0 Å². The highest BCUT2D eigenvalue weighted by Gasteiger charge is 2.16. The molecule has 0 fully saturated rings. The minimum absolute atomic E-state index is 0.0305. The van der Waals surface area contributed by atoms with Crippen molar-refractivity contribution < 1.29 is 20.1 Å². The van der Waals surface area contributed by atoms with Crippen LogP contribution in [0.15, 0.2) is 11.6 Å². The van der Waals surface area contributed by atoms with E-state index in [1.165, 1.54) is 6.08 Å². The molecule has 13 heavy (non-hydrogen) atoms. The molecule has 0 radical (unpaired) electrons. The molecule has 0 heterocycles. The average Bonchev–Trinajstić information content (AvgIpc) is 2.05. The number of hydrogen-bond acceptors (Lipinski definition) is 4. The normalized spacial score (nSPS) is 14.2. The van der Waals surface area contributed by atoms with Crippen LogP contribution in [0.1, 0.15) is 12.8 Å². The molecule has 0 saturated heterocycles. The molecule has 0 aliphatic rings. The third-order valence-corrected chi connectivity index (χ3v) is 1.54. The van der Waals surface area contributed by atoms with Crippen LogP contribution in [0.2, 0.25) is 0 Å². The van der Waals surface area contributed by atoms with Gasteiger partial charge in [0.25, 0.3) is 0 Å². The van der Waals surface area contributed by atoms with Crippen LogP contribution in [-0.2, 0) is 4.79 Å². The van der Waals surface area contributed by atoms with Crippen LogP contribution in [0.25, 0.3) is 0 Å². The summed E-state index contributed by atoms with van der Waals surface area (Å²) >= 11 is 0. The van der Waals surface area contributed by atoms with Gasteiger partial charge in [-0.1, -0.05) is 6.08 Å². The monoisotopic (exact) mass is 189 g/mol. The molecule has 0 aromatic rings. The molecule has 1 atom stereocenters. The number of nitrogens with two attached hydrogens (primary N) is 1. The lowest BCUT2D eigenvalue weighted by Crippen LogP contribution is -2.19. The number of hydrogen-bond donors (Lipinski definition) is 4. The molecule has 0 rings (SSSR count). The molecule has 0 aromatic heterocycles. The van der Waals surface area contributed by atoms with Crippen LogP contribution in [0, 0.1) is 0 Å². The first-order chi connectivity index (χ1) is 6.13. The molecule has 0 aromatic carbocycles. The van der Waals surface area contributed by atoms with Crippen LogP contribution in [0.5, 0.6) is 0 Å². The van der Waals surface area contributed by atoms with Crippen molar-refractivity contribution >= 4 is 5.97 Å². The van der Waals surface area contributed by atoms with E-state index in [-0.39, 0.29) is 18.6 Å². The van der Waals surface area contributed by atoms with Gasteiger partial charge in [0.15, 0.2) is 0 Å². The van der Waals surface area contributed by atoms with Crippen molar-refractivity contribution in [2.24, 2.45) is 5.73 Å². The minimum atomic E-state index is -1.17. The summed E-state index contributed by atoms with van der Waals surface area (Å²) in [4.78, 5) is 10.6. The largest absolute Gasteiger partial charge is 0.478 e. The van der Waals surface area contributed by atoms with E-state index in [1.807, 2.05) is 0 Å². The molecule has 1 unspecified atom stereocenters. The quantitative estimate of drug-likeness (QED) is 0.405. The fourth-order valence-corrected chi connectivity index (χ4v) is 0.883. The van der Waals surface area contributed by atoms with Gasteiger partial charge in [-0.2, -0.15) is 0 Å². The van der Waals surface area contributed by atoms with Gasteiger partial charge in [-0.3, -0.25) is 0 Å². The summed E-state index contributed by atoms with van der Waals surface area (Å²) in [5, 5.41) is 26.4. The maximum absolute atomic E-state index is 10.6. The van der Waals surface area contributed by atoms with E-state index in [0.717, 1.165) is 0 Å². The Bertz CT molecular complexity index is 191. The van der Waals surface area contributed by atoms with Crippen molar-refractivity contribution in [3.8, 4) is 0 Å². The Kier molecular flexibility index (Phi) is 6.13. The van der Waals surface area contributed by atoms with Gasteiger partial charge in [0, 0.05) is 13.0 Å². The van der Waals surface area contributed by atoms with Crippen LogP contribution in [0.3, 0.4) is 0 Å². The van der Waals surface area contributed by atoms with Gasteiger partial charge in [0.05, 0.1) is 11.7 Å². The van der Waals surface area contributed by atoms with Crippen molar-refractivity contribution in [1.82, 2.24) is 0 Å². The third kappa shape index (κ3) is 4.62. The Morgan fingerprint density at radius 3 is 2.54 bits per heavy atom. The summed E-state index contributed by atoms with van der Waals surface area (Å²) in [7, 11) is 0. The molecule has 5 nitrogen and oxygen atoms in total. The Hall–Kier alpha value is -0.910. The highest BCUT2D eigenvalue weighted by molar-refractivity contribution is 5.87. The highest BCUT2D eigenvalue weighted by Crippen LogP contribution is 2.07. The average molecular weight is 189 g/mol. The highest BCUT2D eigenvalue weighted by atomic mass is 16.4. The Labute approximate surface area is 76.5 Å². The van der Waals surface area contributed by atoms with Crippen LogP contribution in [-0.4, -0.2) is 40.5 Å². The van der Waals surface area contributed by atoms with Gasteiger partial charge in [0.1, 0.15) is 0 Å². The zero-order valence-electron chi connectivity index (χ0n) is 7.31. The van der Waals surface area contributed by atoms with Crippen LogP contribution in [0.4, 0.5) is 0 Å². The van der Waals surface area contributed by atoms with E-state index in [1.54, 1.807) is 0 Å². The summed E-state index contributed by atoms with van der Waals surface area (Å²) in [5.41, 5.74) is 5.08. The summed E-state index contributed by atoms with van der Waals surface area (Å²) in [6, 6.07) is 0. The molecule has 0 spiro atoms. The first-order valence-electron chi connectivity index (χ1n) is 4.05. The smallest absolute Gasteiger partial charge is 0.333 e. The number of aliphatic hydroxyl groups is 2. The number of aliphatic carboxylic acids is 1. The molecule has 0 saturated carbocycles. The summed E-state index contributed by atoms with van der Waals surface area (Å²) in [5.74, 6) is -1.17. The van der Waals surface area contributed by atoms with E-state index in [2.05, 4.69) is 0 Å². The molecule has 0 aliphatic carbocycles. The topological polar surface area (TPSA) is 104 Å². The van der Waals surface area contributed by atoms with Crippen molar-refractivity contribution in [1.29, 1.82) is 0 Å². The van der Waals surface area contributed by atoms with Crippen molar-refractivity contribution in [2.45, 2.75) is 18.9 Å².